The van der Waals surface area contributed by atoms with Gasteiger partial charge < -0.3 is 10.6 Å². The van der Waals surface area contributed by atoms with Crippen LogP contribution in [0.15, 0.2) is 36.4 Å². The molecule has 1 aromatic carbocycles. The van der Waals surface area contributed by atoms with Crippen LogP contribution in [0.2, 0.25) is 0 Å². The van der Waals surface area contributed by atoms with Crippen molar-refractivity contribution in [2.75, 3.05) is 25.0 Å². The minimum atomic E-state index is 0.702. The number of hydrogen-bond acceptors (Lipinski definition) is 4. The molecule has 4 nitrogen and oxygen atoms in total. The third-order valence-corrected chi connectivity index (χ3v) is 3.82. The van der Waals surface area contributed by atoms with Crippen molar-refractivity contribution in [2.24, 2.45) is 5.92 Å². The van der Waals surface area contributed by atoms with E-state index < -0.39 is 0 Å². The number of benzene rings is 1. The predicted molar refractivity (Wildman–Crippen MR) is 81.7 cm³/mol. The summed E-state index contributed by atoms with van der Waals surface area (Å²) < 4.78 is 0. The standard InChI is InChI=1S/C16H20N4/c1-12-4-2-3-5-14(12)15-6-7-16(20-19-15)18-11-13-8-9-17-10-13/h2-7,13,17H,8-11H2,1H3,(H,18,20). The zero-order valence-corrected chi connectivity index (χ0v) is 11.8. The van der Waals surface area contributed by atoms with Crippen LogP contribution in [0.1, 0.15) is 12.0 Å². The Labute approximate surface area is 119 Å². The Bertz CT molecular complexity index is 559. The van der Waals surface area contributed by atoms with Crippen molar-refractivity contribution >= 4 is 5.82 Å². The predicted octanol–water partition coefficient (Wildman–Crippen LogP) is 2.47. The van der Waals surface area contributed by atoms with E-state index in [1.165, 1.54) is 12.0 Å². The van der Waals surface area contributed by atoms with E-state index in [9.17, 15) is 0 Å². The fourth-order valence-corrected chi connectivity index (χ4v) is 2.57. The number of anilines is 1. The lowest BCUT2D eigenvalue weighted by molar-refractivity contribution is 0.613. The van der Waals surface area contributed by atoms with Crippen molar-refractivity contribution in [3.63, 3.8) is 0 Å². The smallest absolute Gasteiger partial charge is 0.148 e. The Morgan fingerprint density at radius 2 is 2.10 bits per heavy atom. The number of hydrogen-bond donors (Lipinski definition) is 2. The second-order valence-corrected chi connectivity index (χ2v) is 5.36. The van der Waals surface area contributed by atoms with E-state index >= 15 is 0 Å². The van der Waals surface area contributed by atoms with E-state index in [2.05, 4.69) is 39.9 Å². The normalized spacial score (nSPS) is 18.1. The van der Waals surface area contributed by atoms with Gasteiger partial charge in [0.1, 0.15) is 5.82 Å². The van der Waals surface area contributed by atoms with Gasteiger partial charge in [-0.2, -0.15) is 0 Å². The fraction of sp³-hybridized carbons (Fsp3) is 0.375. The van der Waals surface area contributed by atoms with E-state index in [0.717, 1.165) is 36.7 Å². The molecular formula is C16H20N4. The summed E-state index contributed by atoms with van der Waals surface area (Å²) >= 11 is 0. The van der Waals surface area contributed by atoms with Gasteiger partial charge in [0.2, 0.25) is 0 Å². The second kappa shape index (κ2) is 6.01. The zero-order chi connectivity index (χ0) is 13.8. The SMILES string of the molecule is Cc1ccccc1-c1ccc(NCC2CCNC2)nn1. The van der Waals surface area contributed by atoms with Crippen molar-refractivity contribution in [2.45, 2.75) is 13.3 Å². The van der Waals surface area contributed by atoms with Gasteiger partial charge in [-0.3, -0.25) is 0 Å². The summed E-state index contributed by atoms with van der Waals surface area (Å²) in [6.45, 7) is 5.29. The molecule has 0 aliphatic carbocycles. The van der Waals surface area contributed by atoms with E-state index in [1.807, 2.05) is 24.3 Å². The monoisotopic (exact) mass is 268 g/mol. The highest BCUT2D eigenvalue weighted by Crippen LogP contribution is 2.21. The van der Waals surface area contributed by atoms with Crippen LogP contribution in [-0.2, 0) is 0 Å². The molecule has 0 amide bonds. The Morgan fingerprint density at radius 3 is 2.80 bits per heavy atom. The van der Waals surface area contributed by atoms with E-state index in [-0.39, 0.29) is 0 Å². The Hall–Kier alpha value is -1.94. The Morgan fingerprint density at radius 1 is 1.20 bits per heavy atom. The first-order chi connectivity index (χ1) is 9.83. The topological polar surface area (TPSA) is 49.8 Å². The van der Waals surface area contributed by atoms with Crippen molar-refractivity contribution < 1.29 is 0 Å². The minimum absolute atomic E-state index is 0.702. The molecule has 1 aliphatic rings. The first-order valence-electron chi connectivity index (χ1n) is 7.17. The largest absolute Gasteiger partial charge is 0.368 e. The molecule has 3 rings (SSSR count). The maximum Gasteiger partial charge on any atom is 0.148 e. The number of aromatic nitrogens is 2. The maximum atomic E-state index is 4.33. The van der Waals surface area contributed by atoms with Gasteiger partial charge in [-0.25, -0.2) is 0 Å². The molecule has 0 saturated carbocycles. The molecule has 1 unspecified atom stereocenters. The van der Waals surface area contributed by atoms with Crippen molar-refractivity contribution in [1.82, 2.24) is 15.5 Å². The van der Waals surface area contributed by atoms with Crippen LogP contribution in [-0.4, -0.2) is 29.8 Å². The molecule has 1 aromatic heterocycles. The summed E-state index contributed by atoms with van der Waals surface area (Å²) in [7, 11) is 0. The highest BCUT2D eigenvalue weighted by molar-refractivity contribution is 5.63. The number of nitrogens with one attached hydrogen (secondary N) is 2. The van der Waals surface area contributed by atoms with Crippen LogP contribution >= 0.6 is 0 Å². The van der Waals surface area contributed by atoms with E-state index in [1.54, 1.807) is 0 Å². The molecule has 0 spiro atoms. The van der Waals surface area contributed by atoms with Gasteiger partial charge >= 0.3 is 0 Å². The summed E-state index contributed by atoms with van der Waals surface area (Å²) in [5, 5.41) is 15.3. The zero-order valence-electron chi connectivity index (χ0n) is 11.8. The highest BCUT2D eigenvalue weighted by atomic mass is 15.2. The van der Waals surface area contributed by atoms with E-state index in [4.69, 9.17) is 0 Å². The van der Waals surface area contributed by atoms with Gasteiger partial charge in [-0.05, 0) is 50.0 Å². The Kier molecular flexibility index (Phi) is 3.92. The Balaban J connectivity index is 1.66. The van der Waals surface area contributed by atoms with Crippen LogP contribution in [0, 0.1) is 12.8 Å². The number of rotatable bonds is 4. The molecule has 1 saturated heterocycles. The van der Waals surface area contributed by atoms with Gasteiger partial charge in [-0.15, -0.1) is 10.2 Å². The molecule has 20 heavy (non-hydrogen) atoms. The van der Waals surface area contributed by atoms with Gasteiger partial charge in [0.25, 0.3) is 0 Å². The van der Waals surface area contributed by atoms with Gasteiger partial charge in [0, 0.05) is 12.1 Å². The van der Waals surface area contributed by atoms with E-state index in [0.29, 0.717) is 5.92 Å². The summed E-state index contributed by atoms with van der Waals surface area (Å²) in [6.07, 6.45) is 1.24. The quantitative estimate of drug-likeness (QED) is 0.894. The molecular weight excluding hydrogens is 248 g/mol. The third-order valence-electron chi connectivity index (χ3n) is 3.82. The lowest BCUT2D eigenvalue weighted by Crippen LogP contribution is -2.17. The van der Waals surface area contributed by atoms with Crippen LogP contribution in [0.5, 0.6) is 0 Å². The molecule has 4 heteroatoms. The summed E-state index contributed by atoms with van der Waals surface area (Å²) in [4.78, 5) is 0. The molecule has 1 atom stereocenters. The lowest BCUT2D eigenvalue weighted by atomic mass is 10.1. The maximum absolute atomic E-state index is 4.33. The van der Waals surface area contributed by atoms with Crippen LogP contribution in [0.25, 0.3) is 11.3 Å². The van der Waals surface area contributed by atoms with Gasteiger partial charge in [-0.1, -0.05) is 24.3 Å². The number of aryl methyl sites for hydroxylation is 1. The molecule has 0 bridgehead atoms. The molecule has 2 heterocycles. The van der Waals surface area contributed by atoms with Crippen molar-refractivity contribution in [3.05, 3.63) is 42.0 Å². The summed E-state index contributed by atoms with van der Waals surface area (Å²) in [5.41, 5.74) is 3.29. The average Bonchev–Trinajstić information content (AvgIpc) is 3.00. The van der Waals surface area contributed by atoms with Gasteiger partial charge in [0.15, 0.2) is 0 Å². The third kappa shape index (κ3) is 2.96. The average molecular weight is 268 g/mol. The number of nitrogens with zero attached hydrogens (tertiary/aromatic N) is 2. The first-order valence-corrected chi connectivity index (χ1v) is 7.17. The second-order valence-electron chi connectivity index (χ2n) is 5.36. The van der Waals surface area contributed by atoms with Gasteiger partial charge in [0.05, 0.1) is 5.69 Å². The first kappa shape index (κ1) is 13.1. The molecule has 0 radical (unpaired) electrons. The summed E-state index contributed by atoms with van der Waals surface area (Å²) in [5.74, 6) is 1.56. The minimum Gasteiger partial charge on any atom is -0.368 e. The van der Waals surface area contributed by atoms with Crippen molar-refractivity contribution in [1.29, 1.82) is 0 Å². The van der Waals surface area contributed by atoms with Crippen molar-refractivity contribution in [3.8, 4) is 11.3 Å². The molecule has 104 valence electrons. The molecule has 1 aliphatic heterocycles. The molecule has 2 N–H and O–H groups in total. The molecule has 1 fully saturated rings. The lowest BCUT2D eigenvalue weighted by Gasteiger charge is -2.10. The summed E-state index contributed by atoms with van der Waals surface area (Å²) in [6, 6.07) is 12.3. The highest BCUT2D eigenvalue weighted by Gasteiger charge is 2.14. The van der Waals surface area contributed by atoms with Crippen LogP contribution in [0.3, 0.4) is 0 Å². The fourth-order valence-electron chi connectivity index (χ4n) is 2.57. The van der Waals surface area contributed by atoms with Crippen LogP contribution < -0.4 is 10.6 Å². The van der Waals surface area contributed by atoms with Crippen LogP contribution in [0.4, 0.5) is 5.82 Å². The molecule has 2 aromatic rings.